The van der Waals surface area contributed by atoms with Gasteiger partial charge in [-0.25, -0.2) is 4.79 Å². The quantitative estimate of drug-likeness (QED) is 0.695. The molecule has 0 saturated carbocycles. The molecule has 0 fully saturated rings. The number of carboxylic acids is 1. The standard InChI is InChI=1S/C7H5ClO3/c8-6-3-1-5(11-6)2-4-7(9)10/h1-4H,(H,9,10)/b4-2+. The highest BCUT2D eigenvalue weighted by Crippen LogP contribution is 2.13. The van der Waals surface area contributed by atoms with Gasteiger partial charge in [-0.1, -0.05) is 0 Å². The van der Waals surface area contributed by atoms with Crippen LogP contribution in [0.4, 0.5) is 0 Å². The minimum atomic E-state index is -1.02. The zero-order valence-electron chi connectivity index (χ0n) is 5.45. The van der Waals surface area contributed by atoms with Crippen LogP contribution in [-0.2, 0) is 4.79 Å². The van der Waals surface area contributed by atoms with Crippen molar-refractivity contribution in [1.82, 2.24) is 0 Å². The van der Waals surface area contributed by atoms with Crippen LogP contribution in [-0.4, -0.2) is 11.1 Å². The Balaban J connectivity index is 2.71. The SMILES string of the molecule is O=C(O)/C=C/c1ccc(Cl)o1. The van der Waals surface area contributed by atoms with Crippen LogP contribution in [0, 0.1) is 0 Å². The first-order valence-corrected chi connectivity index (χ1v) is 3.22. The summed E-state index contributed by atoms with van der Waals surface area (Å²) >= 11 is 5.43. The van der Waals surface area contributed by atoms with Crippen molar-refractivity contribution in [3.05, 3.63) is 29.2 Å². The normalized spacial score (nSPS) is 10.6. The minimum Gasteiger partial charge on any atom is -0.478 e. The number of aliphatic carboxylic acids is 1. The fourth-order valence-corrected chi connectivity index (χ4v) is 0.723. The van der Waals surface area contributed by atoms with E-state index in [2.05, 4.69) is 0 Å². The van der Waals surface area contributed by atoms with Crippen LogP contribution in [0.15, 0.2) is 22.6 Å². The molecule has 58 valence electrons. The first kappa shape index (κ1) is 7.88. The smallest absolute Gasteiger partial charge is 0.328 e. The molecule has 11 heavy (non-hydrogen) atoms. The Bertz CT molecular complexity index is 288. The third kappa shape index (κ3) is 2.47. The number of carboxylic acid groups (broad SMARTS) is 1. The van der Waals surface area contributed by atoms with Gasteiger partial charge in [0.1, 0.15) is 5.76 Å². The topological polar surface area (TPSA) is 50.4 Å². The molecule has 1 aromatic rings. The molecule has 0 unspecified atom stereocenters. The van der Waals surface area contributed by atoms with E-state index in [0.717, 1.165) is 6.08 Å². The summed E-state index contributed by atoms with van der Waals surface area (Å²) in [7, 11) is 0. The van der Waals surface area contributed by atoms with Gasteiger partial charge in [-0.3, -0.25) is 0 Å². The molecule has 0 atom stereocenters. The van der Waals surface area contributed by atoms with Crippen LogP contribution < -0.4 is 0 Å². The Kier molecular flexibility index (Phi) is 2.33. The number of hydrogen-bond donors (Lipinski definition) is 1. The molecule has 1 N–H and O–H groups in total. The highest BCUT2D eigenvalue weighted by Gasteiger charge is 1.94. The fourth-order valence-electron chi connectivity index (χ4n) is 0.571. The van der Waals surface area contributed by atoms with Crippen molar-refractivity contribution in [1.29, 1.82) is 0 Å². The van der Waals surface area contributed by atoms with Gasteiger partial charge in [-0.05, 0) is 29.8 Å². The van der Waals surface area contributed by atoms with E-state index in [9.17, 15) is 4.79 Å². The number of halogens is 1. The lowest BCUT2D eigenvalue weighted by Gasteiger charge is -1.80. The van der Waals surface area contributed by atoms with Gasteiger partial charge < -0.3 is 9.52 Å². The van der Waals surface area contributed by atoms with E-state index >= 15 is 0 Å². The van der Waals surface area contributed by atoms with E-state index in [1.807, 2.05) is 0 Å². The molecule has 0 aromatic carbocycles. The second kappa shape index (κ2) is 3.25. The average molecular weight is 173 g/mol. The molecule has 4 heteroatoms. The molecule has 0 amide bonds. The van der Waals surface area contributed by atoms with Crippen molar-refractivity contribution in [2.24, 2.45) is 0 Å². The average Bonchev–Trinajstić information content (AvgIpc) is 2.31. The number of furan rings is 1. The maximum atomic E-state index is 10.0. The fraction of sp³-hybridized carbons (Fsp3) is 0. The summed E-state index contributed by atoms with van der Waals surface area (Å²) in [4.78, 5) is 10.0. The van der Waals surface area contributed by atoms with E-state index in [4.69, 9.17) is 21.1 Å². The zero-order valence-corrected chi connectivity index (χ0v) is 6.21. The summed E-state index contributed by atoms with van der Waals surface area (Å²) in [6.07, 6.45) is 2.31. The van der Waals surface area contributed by atoms with Gasteiger partial charge in [0.2, 0.25) is 0 Å². The van der Waals surface area contributed by atoms with Crippen LogP contribution in [0.5, 0.6) is 0 Å². The van der Waals surface area contributed by atoms with Crippen LogP contribution in [0.3, 0.4) is 0 Å². The largest absolute Gasteiger partial charge is 0.478 e. The van der Waals surface area contributed by atoms with Gasteiger partial charge in [0.05, 0.1) is 0 Å². The first-order valence-electron chi connectivity index (χ1n) is 2.85. The second-order valence-corrected chi connectivity index (χ2v) is 2.19. The molecule has 1 heterocycles. The van der Waals surface area contributed by atoms with Gasteiger partial charge in [-0.15, -0.1) is 0 Å². The molecule has 0 spiro atoms. The van der Waals surface area contributed by atoms with Crippen molar-refractivity contribution in [3.63, 3.8) is 0 Å². The van der Waals surface area contributed by atoms with Crippen LogP contribution >= 0.6 is 11.6 Å². The molecule has 1 rings (SSSR count). The molecule has 0 saturated heterocycles. The van der Waals surface area contributed by atoms with E-state index in [0.29, 0.717) is 5.76 Å². The van der Waals surface area contributed by atoms with Crippen molar-refractivity contribution in [2.75, 3.05) is 0 Å². The predicted molar refractivity (Wildman–Crippen MR) is 40.4 cm³/mol. The maximum absolute atomic E-state index is 10.0. The summed E-state index contributed by atoms with van der Waals surface area (Å²) in [5.74, 6) is -0.588. The number of hydrogen-bond acceptors (Lipinski definition) is 2. The lowest BCUT2D eigenvalue weighted by atomic mass is 10.4. The van der Waals surface area contributed by atoms with E-state index in [-0.39, 0.29) is 5.22 Å². The maximum Gasteiger partial charge on any atom is 0.328 e. The Hall–Kier alpha value is -1.22. The van der Waals surface area contributed by atoms with Crippen LogP contribution in [0.1, 0.15) is 5.76 Å². The van der Waals surface area contributed by atoms with Crippen molar-refractivity contribution in [3.8, 4) is 0 Å². The molecule has 0 aliphatic rings. The molecule has 0 aliphatic carbocycles. The number of carbonyl (C=O) groups is 1. The Labute approximate surface area is 67.9 Å². The molecule has 0 bridgehead atoms. The molecule has 3 nitrogen and oxygen atoms in total. The van der Waals surface area contributed by atoms with E-state index < -0.39 is 5.97 Å². The third-order valence-electron chi connectivity index (χ3n) is 0.984. The predicted octanol–water partition coefficient (Wildman–Crippen LogP) is 2.03. The summed E-state index contributed by atoms with van der Waals surface area (Å²) < 4.78 is 4.85. The molecular weight excluding hydrogens is 168 g/mol. The summed E-state index contributed by atoms with van der Waals surface area (Å²) in [5, 5.41) is 8.47. The number of rotatable bonds is 2. The molecule has 0 aliphatic heterocycles. The van der Waals surface area contributed by atoms with Crippen molar-refractivity contribution < 1.29 is 14.3 Å². The second-order valence-electron chi connectivity index (χ2n) is 1.81. The Morgan fingerprint density at radius 1 is 1.64 bits per heavy atom. The van der Waals surface area contributed by atoms with Gasteiger partial charge in [0.15, 0.2) is 5.22 Å². The molecular formula is C7H5ClO3. The van der Waals surface area contributed by atoms with Crippen molar-refractivity contribution >= 4 is 23.6 Å². The van der Waals surface area contributed by atoms with Gasteiger partial charge >= 0.3 is 5.97 Å². The summed E-state index contributed by atoms with van der Waals surface area (Å²) in [5.41, 5.74) is 0. The highest BCUT2D eigenvalue weighted by molar-refractivity contribution is 6.28. The Morgan fingerprint density at radius 3 is 2.82 bits per heavy atom. The Morgan fingerprint density at radius 2 is 2.36 bits per heavy atom. The van der Waals surface area contributed by atoms with Crippen LogP contribution in [0.2, 0.25) is 5.22 Å². The first-order chi connectivity index (χ1) is 5.18. The van der Waals surface area contributed by atoms with Crippen molar-refractivity contribution in [2.45, 2.75) is 0 Å². The third-order valence-corrected chi connectivity index (χ3v) is 1.19. The summed E-state index contributed by atoms with van der Waals surface area (Å²) in [6.45, 7) is 0. The van der Waals surface area contributed by atoms with E-state index in [1.54, 1.807) is 12.1 Å². The van der Waals surface area contributed by atoms with Gasteiger partial charge in [0.25, 0.3) is 0 Å². The van der Waals surface area contributed by atoms with Crippen LogP contribution in [0.25, 0.3) is 6.08 Å². The monoisotopic (exact) mass is 172 g/mol. The molecule has 0 radical (unpaired) electrons. The highest BCUT2D eigenvalue weighted by atomic mass is 35.5. The molecule has 1 aromatic heterocycles. The van der Waals surface area contributed by atoms with Gasteiger partial charge in [-0.2, -0.15) is 0 Å². The summed E-state index contributed by atoms with van der Waals surface area (Å²) in [6, 6.07) is 3.13. The lowest BCUT2D eigenvalue weighted by molar-refractivity contribution is -0.131. The van der Waals surface area contributed by atoms with Gasteiger partial charge in [0, 0.05) is 6.08 Å². The minimum absolute atomic E-state index is 0.245. The van der Waals surface area contributed by atoms with E-state index in [1.165, 1.54) is 6.08 Å². The lowest BCUT2D eigenvalue weighted by Crippen LogP contribution is -1.84. The zero-order chi connectivity index (χ0) is 8.27.